The molecule has 2 aromatic rings. The van der Waals surface area contributed by atoms with Gasteiger partial charge < -0.3 is 10.5 Å². The van der Waals surface area contributed by atoms with Gasteiger partial charge in [0, 0.05) is 11.6 Å². The molecule has 0 saturated carbocycles. The number of para-hydroxylation sites is 1. The van der Waals surface area contributed by atoms with E-state index in [1.54, 1.807) is 11.3 Å². The molecule has 0 unspecified atom stereocenters. The van der Waals surface area contributed by atoms with E-state index in [1.165, 1.54) is 0 Å². The highest BCUT2D eigenvalue weighted by Crippen LogP contribution is 2.28. The molecular weight excluding hydrogens is 266 g/mol. The standard InChI is InChI=1S/C14H16ClNOS/c1-2-12(16)10-5-3-4-6-13(10)17-9-14-11(15)7-8-18-14/h3-8,12H,2,9,16H2,1H3/t12-/m0/s1. The molecule has 0 spiro atoms. The lowest BCUT2D eigenvalue weighted by Gasteiger charge is -2.15. The molecule has 1 atom stereocenters. The number of thiophene rings is 1. The van der Waals surface area contributed by atoms with Crippen molar-refractivity contribution in [2.45, 2.75) is 26.0 Å². The van der Waals surface area contributed by atoms with Crippen LogP contribution < -0.4 is 10.5 Å². The van der Waals surface area contributed by atoms with Gasteiger partial charge in [0.25, 0.3) is 0 Å². The molecule has 0 aliphatic rings. The highest BCUT2D eigenvalue weighted by atomic mass is 35.5. The Hall–Kier alpha value is -1.03. The maximum atomic E-state index is 6.07. The first kappa shape index (κ1) is 13.4. The minimum Gasteiger partial charge on any atom is -0.488 e. The van der Waals surface area contributed by atoms with Crippen molar-refractivity contribution in [3.05, 3.63) is 51.2 Å². The van der Waals surface area contributed by atoms with E-state index in [1.807, 2.05) is 35.7 Å². The molecule has 2 rings (SSSR count). The normalized spacial score (nSPS) is 12.4. The monoisotopic (exact) mass is 281 g/mol. The second-order valence-corrected chi connectivity index (χ2v) is 5.44. The van der Waals surface area contributed by atoms with Gasteiger partial charge in [-0.3, -0.25) is 0 Å². The fourth-order valence-corrected chi connectivity index (χ4v) is 2.71. The average Bonchev–Trinajstić information content (AvgIpc) is 2.81. The third-order valence-electron chi connectivity index (χ3n) is 2.81. The zero-order valence-corrected chi connectivity index (χ0v) is 11.8. The number of nitrogens with two attached hydrogens (primary N) is 1. The molecule has 0 amide bonds. The fraction of sp³-hybridized carbons (Fsp3) is 0.286. The zero-order chi connectivity index (χ0) is 13.0. The largest absolute Gasteiger partial charge is 0.488 e. The van der Waals surface area contributed by atoms with Crippen LogP contribution in [0.15, 0.2) is 35.7 Å². The molecule has 0 aliphatic heterocycles. The van der Waals surface area contributed by atoms with Crippen LogP contribution in [-0.4, -0.2) is 0 Å². The van der Waals surface area contributed by atoms with E-state index in [-0.39, 0.29) is 6.04 Å². The topological polar surface area (TPSA) is 35.2 Å². The molecule has 0 saturated heterocycles. The van der Waals surface area contributed by atoms with Gasteiger partial charge in [0.1, 0.15) is 12.4 Å². The number of halogens is 1. The highest BCUT2D eigenvalue weighted by Gasteiger charge is 2.10. The Bertz CT molecular complexity index is 512. The molecule has 1 heterocycles. The summed E-state index contributed by atoms with van der Waals surface area (Å²) in [6.45, 7) is 2.56. The Labute approximate surface area is 116 Å². The third-order valence-corrected chi connectivity index (χ3v) is 4.17. The summed E-state index contributed by atoms with van der Waals surface area (Å²) in [5.41, 5.74) is 7.12. The number of ether oxygens (including phenoxy) is 1. The van der Waals surface area contributed by atoms with Crippen LogP contribution in [0.25, 0.3) is 0 Å². The molecule has 1 aromatic carbocycles. The van der Waals surface area contributed by atoms with Crippen molar-refractivity contribution in [2.75, 3.05) is 0 Å². The second-order valence-electron chi connectivity index (χ2n) is 4.03. The van der Waals surface area contributed by atoms with Crippen molar-refractivity contribution in [1.29, 1.82) is 0 Å². The van der Waals surface area contributed by atoms with Gasteiger partial charge in [-0.1, -0.05) is 36.7 Å². The van der Waals surface area contributed by atoms with Crippen LogP contribution >= 0.6 is 22.9 Å². The minimum atomic E-state index is 0.0139. The third kappa shape index (κ3) is 3.05. The van der Waals surface area contributed by atoms with E-state index in [2.05, 4.69) is 6.92 Å². The van der Waals surface area contributed by atoms with Crippen LogP contribution in [0.1, 0.15) is 29.8 Å². The van der Waals surface area contributed by atoms with Crippen molar-refractivity contribution in [2.24, 2.45) is 5.73 Å². The Morgan fingerprint density at radius 2 is 2.11 bits per heavy atom. The van der Waals surface area contributed by atoms with Crippen molar-refractivity contribution >= 4 is 22.9 Å². The van der Waals surface area contributed by atoms with Crippen LogP contribution in [-0.2, 0) is 6.61 Å². The maximum Gasteiger partial charge on any atom is 0.124 e. The van der Waals surface area contributed by atoms with Gasteiger partial charge in [0.05, 0.1) is 9.90 Å². The summed E-state index contributed by atoms with van der Waals surface area (Å²) < 4.78 is 5.83. The van der Waals surface area contributed by atoms with Gasteiger partial charge in [-0.05, 0) is 23.9 Å². The number of rotatable bonds is 5. The van der Waals surface area contributed by atoms with Crippen molar-refractivity contribution in [3.63, 3.8) is 0 Å². The summed E-state index contributed by atoms with van der Waals surface area (Å²) in [5.74, 6) is 0.844. The van der Waals surface area contributed by atoms with Gasteiger partial charge in [0.2, 0.25) is 0 Å². The first-order chi connectivity index (χ1) is 8.72. The van der Waals surface area contributed by atoms with Crippen molar-refractivity contribution in [3.8, 4) is 5.75 Å². The van der Waals surface area contributed by atoms with Gasteiger partial charge in [-0.15, -0.1) is 11.3 Å². The minimum absolute atomic E-state index is 0.0139. The lowest BCUT2D eigenvalue weighted by molar-refractivity contribution is 0.304. The molecular formula is C14H16ClNOS. The number of benzene rings is 1. The maximum absolute atomic E-state index is 6.07. The van der Waals surface area contributed by atoms with Crippen molar-refractivity contribution < 1.29 is 4.74 Å². The molecule has 2 N–H and O–H groups in total. The second kappa shape index (κ2) is 6.23. The smallest absolute Gasteiger partial charge is 0.124 e. The summed E-state index contributed by atoms with van der Waals surface area (Å²) in [7, 11) is 0. The summed E-state index contributed by atoms with van der Waals surface area (Å²) in [6.07, 6.45) is 0.889. The molecule has 0 radical (unpaired) electrons. The molecule has 2 nitrogen and oxygen atoms in total. The van der Waals surface area contributed by atoms with E-state index in [0.717, 1.165) is 27.6 Å². The lowest BCUT2D eigenvalue weighted by atomic mass is 10.0. The van der Waals surface area contributed by atoms with Crippen LogP contribution in [0.5, 0.6) is 5.75 Å². The Morgan fingerprint density at radius 1 is 1.33 bits per heavy atom. The summed E-state index contributed by atoms with van der Waals surface area (Å²) in [4.78, 5) is 1.04. The molecule has 4 heteroatoms. The molecule has 18 heavy (non-hydrogen) atoms. The Kier molecular flexibility index (Phi) is 4.64. The van der Waals surface area contributed by atoms with Gasteiger partial charge in [0.15, 0.2) is 0 Å². The predicted molar refractivity (Wildman–Crippen MR) is 77.3 cm³/mol. The van der Waals surface area contributed by atoms with Crippen molar-refractivity contribution in [1.82, 2.24) is 0 Å². The number of hydrogen-bond acceptors (Lipinski definition) is 3. The van der Waals surface area contributed by atoms with Gasteiger partial charge in [-0.25, -0.2) is 0 Å². The van der Waals surface area contributed by atoms with Crippen LogP contribution in [0.2, 0.25) is 5.02 Å². The van der Waals surface area contributed by atoms with Crippen LogP contribution in [0.4, 0.5) is 0 Å². The summed E-state index contributed by atoms with van der Waals surface area (Å²) in [6, 6.07) is 9.80. The molecule has 0 bridgehead atoms. The van der Waals surface area contributed by atoms with E-state index in [0.29, 0.717) is 6.61 Å². The summed E-state index contributed by atoms with van der Waals surface area (Å²) >= 11 is 7.64. The quantitative estimate of drug-likeness (QED) is 0.882. The average molecular weight is 282 g/mol. The predicted octanol–water partition coefficient (Wildman–Crippen LogP) is 4.39. The summed E-state index contributed by atoms with van der Waals surface area (Å²) in [5, 5.41) is 2.72. The van der Waals surface area contributed by atoms with Gasteiger partial charge in [-0.2, -0.15) is 0 Å². The van der Waals surface area contributed by atoms with Crippen LogP contribution in [0, 0.1) is 0 Å². The number of hydrogen-bond donors (Lipinski definition) is 1. The van der Waals surface area contributed by atoms with Gasteiger partial charge >= 0.3 is 0 Å². The first-order valence-corrected chi connectivity index (χ1v) is 7.17. The van der Waals surface area contributed by atoms with E-state index in [4.69, 9.17) is 22.1 Å². The molecule has 0 aliphatic carbocycles. The molecule has 0 fully saturated rings. The highest BCUT2D eigenvalue weighted by molar-refractivity contribution is 7.10. The lowest BCUT2D eigenvalue weighted by Crippen LogP contribution is -2.10. The Morgan fingerprint density at radius 3 is 2.78 bits per heavy atom. The van der Waals surface area contributed by atoms with E-state index in [9.17, 15) is 0 Å². The van der Waals surface area contributed by atoms with Crippen LogP contribution in [0.3, 0.4) is 0 Å². The Balaban J connectivity index is 2.12. The molecule has 1 aromatic heterocycles. The van der Waals surface area contributed by atoms with E-state index < -0.39 is 0 Å². The fourth-order valence-electron chi connectivity index (χ4n) is 1.71. The zero-order valence-electron chi connectivity index (χ0n) is 10.2. The van der Waals surface area contributed by atoms with E-state index >= 15 is 0 Å². The SMILES string of the molecule is CC[C@H](N)c1ccccc1OCc1sccc1Cl. The molecule has 96 valence electrons. The first-order valence-electron chi connectivity index (χ1n) is 5.91.